The molecule has 0 aliphatic rings. The molecule has 0 bridgehead atoms. The number of methoxy groups -OCH3 is 1. The van der Waals surface area contributed by atoms with Crippen LogP contribution in [0, 0.1) is 13.8 Å². The zero-order valence-corrected chi connectivity index (χ0v) is 20.2. The average molecular weight is 471 g/mol. The highest BCUT2D eigenvalue weighted by molar-refractivity contribution is 7.15. The zero-order chi connectivity index (χ0) is 24.1. The van der Waals surface area contributed by atoms with Gasteiger partial charge in [0.05, 0.1) is 18.4 Å². The van der Waals surface area contributed by atoms with Crippen LogP contribution < -0.4 is 10.1 Å². The maximum absolute atomic E-state index is 12.6. The van der Waals surface area contributed by atoms with Crippen molar-refractivity contribution in [3.8, 4) is 27.6 Å². The summed E-state index contributed by atoms with van der Waals surface area (Å²) in [7, 11) is 1.54. The number of anilines is 1. The lowest BCUT2D eigenvalue weighted by atomic mass is 10.0. The third-order valence-electron chi connectivity index (χ3n) is 5.49. The molecule has 34 heavy (non-hydrogen) atoms. The van der Waals surface area contributed by atoms with Gasteiger partial charge >= 0.3 is 0 Å². The van der Waals surface area contributed by atoms with E-state index in [1.54, 1.807) is 23.5 Å². The molecule has 0 radical (unpaired) electrons. The maximum atomic E-state index is 12.6. The highest BCUT2D eigenvalue weighted by atomic mass is 32.1. The second kappa shape index (κ2) is 10.4. The van der Waals surface area contributed by atoms with Gasteiger partial charge in [-0.2, -0.15) is 0 Å². The smallest absolute Gasteiger partial charge is 0.224 e. The fourth-order valence-corrected chi connectivity index (χ4v) is 4.65. The molecule has 4 rings (SSSR count). The van der Waals surface area contributed by atoms with E-state index in [9.17, 15) is 9.59 Å². The molecular weight excluding hydrogens is 444 g/mol. The summed E-state index contributed by atoms with van der Waals surface area (Å²) in [5, 5.41) is 3.86. The normalized spacial score (nSPS) is 10.7. The SMILES string of the molecule is COc1ccc(C)cc1C(=O)CCC(=O)Nc1ccc(-c2nc(-c3ccccc3)sc2C)cc1. The van der Waals surface area contributed by atoms with Crippen molar-refractivity contribution in [3.05, 3.63) is 88.8 Å². The van der Waals surface area contributed by atoms with Gasteiger partial charge in [-0.25, -0.2) is 4.98 Å². The summed E-state index contributed by atoms with van der Waals surface area (Å²) in [6, 6.07) is 23.2. The number of hydrogen-bond acceptors (Lipinski definition) is 5. The molecule has 0 saturated heterocycles. The van der Waals surface area contributed by atoms with Crippen molar-refractivity contribution in [2.45, 2.75) is 26.7 Å². The quantitative estimate of drug-likeness (QED) is 0.291. The second-order valence-corrected chi connectivity index (χ2v) is 9.25. The van der Waals surface area contributed by atoms with E-state index in [0.717, 1.165) is 32.3 Å². The Labute approximate surface area is 203 Å². The molecule has 0 unspecified atom stereocenters. The third kappa shape index (κ3) is 5.41. The van der Waals surface area contributed by atoms with Crippen molar-refractivity contribution in [2.24, 2.45) is 0 Å². The number of ketones is 1. The molecule has 0 fully saturated rings. The average Bonchev–Trinajstić information content (AvgIpc) is 3.25. The Morgan fingerprint density at radius 3 is 2.35 bits per heavy atom. The van der Waals surface area contributed by atoms with Crippen LogP contribution in [0.2, 0.25) is 0 Å². The molecule has 1 amide bonds. The Balaban J connectivity index is 1.38. The number of carbonyl (C=O) groups excluding carboxylic acids is 2. The molecule has 5 nitrogen and oxygen atoms in total. The minimum atomic E-state index is -0.205. The number of aromatic nitrogens is 1. The molecule has 0 aliphatic carbocycles. The molecule has 172 valence electrons. The Kier molecular flexibility index (Phi) is 7.18. The predicted molar refractivity (Wildman–Crippen MR) is 138 cm³/mol. The Morgan fingerprint density at radius 2 is 1.65 bits per heavy atom. The summed E-state index contributed by atoms with van der Waals surface area (Å²) in [6.45, 7) is 3.98. The van der Waals surface area contributed by atoms with Gasteiger partial charge in [-0.15, -0.1) is 11.3 Å². The van der Waals surface area contributed by atoms with Gasteiger partial charge in [0.2, 0.25) is 5.91 Å². The van der Waals surface area contributed by atoms with Crippen LogP contribution in [0.3, 0.4) is 0 Å². The van der Waals surface area contributed by atoms with Gasteiger partial charge in [0.1, 0.15) is 10.8 Å². The zero-order valence-electron chi connectivity index (χ0n) is 19.4. The van der Waals surface area contributed by atoms with Crippen molar-refractivity contribution in [2.75, 3.05) is 12.4 Å². The minimum Gasteiger partial charge on any atom is -0.496 e. The van der Waals surface area contributed by atoms with Gasteiger partial charge in [-0.3, -0.25) is 9.59 Å². The van der Waals surface area contributed by atoms with Gasteiger partial charge in [0, 0.05) is 34.5 Å². The van der Waals surface area contributed by atoms with Gasteiger partial charge in [0.25, 0.3) is 0 Å². The summed E-state index contributed by atoms with van der Waals surface area (Å²) in [5.41, 5.74) is 5.21. The molecule has 6 heteroatoms. The van der Waals surface area contributed by atoms with Gasteiger partial charge in [-0.1, -0.05) is 54.1 Å². The van der Waals surface area contributed by atoms with Crippen molar-refractivity contribution in [1.29, 1.82) is 0 Å². The van der Waals surface area contributed by atoms with Crippen molar-refractivity contribution in [1.82, 2.24) is 4.98 Å². The van der Waals surface area contributed by atoms with Gasteiger partial charge in [0.15, 0.2) is 5.78 Å². The van der Waals surface area contributed by atoms with E-state index in [4.69, 9.17) is 9.72 Å². The van der Waals surface area contributed by atoms with E-state index >= 15 is 0 Å². The first kappa shape index (κ1) is 23.4. The summed E-state index contributed by atoms with van der Waals surface area (Å²) in [5.74, 6) is 0.211. The van der Waals surface area contributed by atoms with Gasteiger partial charge in [-0.05, 0) is 38.1 Å². The number of thiazole rings is 1. The number of amides is 1. The molecule has 0 saturated carbocycles. The topological polar surface area (TPSA) is 68.3 Å². The number of Topliss-reactive ketones (excluding diaryl/α,β-unsaturated/α-hetero) is 1. The van der Waals surface area contributed by atoms with Crippen LogP contribution in [-0.2, 0) is 4.79 Å². The summed E-state index contributed by atoms with van der Waals surface area (Å²) >= 11 is 1.67. The van der Waals surface area contributed by atoms with Crippen molar-refractivity contribution < 1.29 is 14.3 Å². The lowest BCUT2D eigenvalue weighted by Crippen LogP contribution is -2.14. The molecule has 1 heterocycles. The van der Waals surface area contributed by atoms with Crippen molar-refractivity contribution >= 4 is 28.7 Å². The number of hydrogen-bond donors (Lipinski definition) is 1. The summed E-state index contributed by atoms with van der Waals surface area (Å²) in [6.07, 6.45) is 0.216. The molecule has 1 N–H and O–H groups in total. The van der Waals surface area contributed by atoms with Crippen LogP contribution in [0.15, 0.2) is 72.8 Å². The first-order chi connectivity index (χ1) is 16.4. The van der Waals surface area contributed by atoms with Crippen LogP contribution in [-0.4, -0.2) is 23.8 Å². The minimum absolute atomic E-state index is 0.101. The first-order valence-corrected chi connectivity index (χ1v) is 11.9. The lowest BCUT2D eigenvalue weighted by Gasteiger charge is -2.09. The maximum Gasteiger partial charge on any atom is 0.224 e. The van der Waals surface area contributed by atoms with Gasteiger partial charge < -0.3 is 10.1 Å². The monoisotopic (exact) mass is 470 g/mol. The van der Waals surface area contributed by atoms with E-state index in [1.165, 1.54) is 7.11 Å². The highest BCUT2D eigenvalue weighted by Crippen LogP contribution is 2.33. The Bertz CT molecular complexity index is 1310. The third-order valence-corrected chi connectivity index (χ3v) is 6.51. The predicted octanol–water partition coefficient (Wildman–Crippen LogP) is 6.70. The van der Waals surface area contributed by atoms with E-state index in [1.807, 2.05) is 55.5 Å². The number of ether oxygens (including phenoxy) is 1. The fourth-order valence-electron chi connectivity index (χ4n) is 3.70. The standard InChI is InChI=1S/C28H26N2O3S/c1-18-9-15-25(33-3)23(17-18)24(31)14-16-26(32)29-22-12-10-20(11-13-22)27-19(2)34-28(30-27)21-7-5-4-6-8-21/h4-13,15,17H,14,16H2,1-3H3,(H,29,32). The molecular formula is C28H26N2O3S. The summed E-state index contributed by atoms with van der Waals surface area (Å²) < 4.78 is 5.28. The number of aryl methyl sites for hydroxylation is 2. The van der Waals surface area contributed by atoms with E-state index in [-0.39, 0.29) is 24.5 Å². The van der Waals surface area contributed by atoms with Crippen molar-refractivity contribution in [3.63, 3.8) is 0 Å². The number of benzene rings is 3. The molecule has 0 spiro atoms. The molecule has 0 atom stereocenters. The molecule has 4 aromatic rings. The number of rotatable bonds is 8. The van der Waals surface area contributed by atoms with Crippen LogP contribution in [0.5, 0.6) is 5.75 Å². The van der Waals surface area contributed by atoms with E-state index < -0.39 is 0 Å². The number of nitrogens with one attached hydrogen (secondary N) is 1. The largest absolute Gasteiger partial charge is 0.496 e. The lowest BCUT2D eigenvalue weighted by molar-refractivity contribution is -0.116. The Hall–Kier alpha value is -3.77. The number of nitrogens with zero attached hydrogens (tertiary/aromatic N) is 1. The molecule has 3 aromatic carbocycles. The first-order valence-electron chi connectivity index (χ1n) is 11.1. The number of carbonyl (C=O) groups is 2. The van der Waals surface area contributed by atoms with Crippen LogP contribution in [0.1, 0.15) is 33.6 Å². The second-order valence-electron chi connectivity index (χ2n) is 8.04. The summed E-state index contributed by atoms with van der Waals surface area (Å²) in [4.78, 5) is 31.0. The van der Waals surface area contributed by atoms with E-state index in [0.29, 0.717) is 17.0 Å². The molecule has 1 aromatic heterocycles. The van der Waals surface area contributed by atoms with Crippen LogP contribution >= 0.6 is 11.3 Å². The van der Waals surface area contributed by atoms with Crippen LogP contribution in [0.25, 0.3) is 21.8 Å². The molecule has 0 aliphatic heterocycles. The highest BCUT2D eigenvalue weighted by Gasteiger charge is 2.15. The van der Waals surface area contributed by atoms with E-state index in [2.05, 4.69) is 24.4 Å². The Morgan fingerprint density at radius 1 is 0.912 bits per heavy atom. The van der Waals surface area contributed by atoms with Crippen LogP contribution in [0.4, 0.5) is 5.69 Å². The fraction of sp³-hybridized carbons (Fsp3) is 0.179.